The van der Waals surface area contributed by atoms with Gasteiger partial charge in [-0.25, -0.2) is 5.43 Å². The number of nitrogens with zero attached hydrogens (tertiary/aromatic N) is 1. The normalized spacial score (nSPS) is 11.7. The second-order valence-electron chi connectivity index (χ2n) is 6.03. The number of fused-ring (bicyclic) bond motifs is 1. The van der Waals surface area contributed by atoms with Crippen LogP contribution in [0, 0.1) is 0 Å². The first kappa shape index (κ1) is 20.4. The Bertz CT molecular complexity index is 1090. The van der Waals surface area contributed by atoms with E-state index in [0.29, 0.717) is 12.1 Å². The Kier molecular flexibility index (Phi) is 5.88. The van der Waals surface area contributed by atoms with E-state index in [-0.39, 0.29) is 10.6 Å². The minimum atomic E-state index is -4.64. The number of carbonyl (C=O) groups is 2. The van der Waals surface area contributed by atoms with E-state index in [1.165, 1.54) is 6.21 Å². The maximum absolute atomic E-state index is 12.8. The molecule has 1 heterocycles. The first-order valence-corrected chi connectivity index (χ1v) is 8.65. The van der Waals surface area contributed by atoms with Crippen LogP contribution in [0.1, 0.15) is 21.5 Å². The average molecular weight is 423 g/mol. The fourth-order valence-corrected chi connectivity index (χ4v) is 2.75. The highest BCUT2D eigenvalue weighted by Gasteiger charge is 2.31. The van der Waals surface area contributed by atoms with Gasteiger partial charge >= 0.3 is 6.18 Å². The summed E-state index contributed by atoms with van der Waals surface area (Å²) in [6, 6.07) is 9.87. The molecule has 150 valence electrons. The van der Waals surface area contributed by atoms with E-state index in [4.69, 9.17) is 11.6 Å². The van der Waals surface area contributed by atoms with Crippen LogP contribution in [0.3, 0.4) is 0 Å². The van der Waals surface area contributed by atoms with E-state index >= 15 is 0 Å². The van der Waals surface area contributed by atoms with Gasteiger partial charge in [0.1, 0.15) is 0 Å². The van der Waals surface area contributed by atoms with Gasteiger partial charge in [-0.1, -0.05) is 17.7 Å². The van der Waals surface area contributed by atoms with Crippen molar-refractivity contribution in [2.75, 3.05) is 6.54 Å². The molecule has 0 saturated carbocycles. The fourth-order valence-electron chi connectivity index (χ4n) is 2.52. The maximum Gasteiger partial charge on any atom is 0.416 e. The van der Waals surface area contributed by atoms with E-state index in [9.17, 15) is 22.8 Å². The van der Waals surface area contributed by atoms with Gasteiger partial charge in [-0.3, -0.25) is 9.59 Å². The monoisotopic (exact) mass is 422 g/mol. The first-order valence-electron chi connectivity index (χ1n) is 8.27. The molecule has 0 spiro atoms. The zero-order valence-electron chi connectivity index (χ0n) is 14.7. The summed E-state index contributed by atoms with van der Waals surface area (Å²) in [5.41, 5.74) is 2.58. The topological polar surface area (TPSA) is 86.3 Å². The number of hydrazone groups is 1. The summed E-state index contributed by atoms with van der Waals surface area (Å²) in [6.45, 7) is -0.471. The van der Waals surface area contributed by atoms with Gasteiger partial charge in [0.2, 0.25) is 0 Å². The lowest BCUT2D eigenvalue weighted by atomic mass is 10.1. The molecule has 0 bridgehead atoms. The zero-order valence-corrected chi connectivity index (χ0v) is 15.4. The molecule has 0 fully saturated rings. The Morgan fingerprint density at radius 1 is 1.14 bits per heavy atom. The van der Waals surface area contributed by atoms with Gasteiger partial charge in [0, 0.05) is 22.3 Å². The smallest absolute Gasteiger partial charge is 0.361 e. The summed E-state index contributed by atoms with van der Waals surface area (Å²) in [7, 11) is 0. The van der Waals surface area contributed by atoms with Crippen molar-refractivity contribution in [3.63, 3.8) is 0 Å². The lowest BCUT2D eigenvalue weighted by molar-refractivity contribution is -0.137. The second kappa shape index (κ2) is 8.36. The molecule has 0 saturated heterocycles. The molecular formula is C19H14ClF3N4O2. The molecule has 6 nitrogen and oxygen atoms in total. The molecule has 0 atom stereocenters. The van der Waals surface area contributed by atoms with Crippen molar-refractivity contribution >= 4 is 40.5 Å². The number of amides is 2. The molecule has 3 rings (SSSR count). The lowest BCUT2D eigenvalue weighted by Gasteiger charge is -2.10. The minimum Gasteiger partial charge on any atom is -0.361 e. The summed E-state index contributed by atoms with van der Waals surface area (Å²) in [5, 5.41) is 6.75. The number of alkyl halides is 3. The molecule has 1 aromatic heterocycles. The number of nitrogens with one attached hydrogen (secondary N) is 3. The van der Waals surface area contributed by atoms with E-state index < -0.39 is 30.1 Å². The summed E-state index contributed by atoms with van der Waals surface area (Å²) >= 11 is 5.64. The highest BCUT2D eigenvalue weighted by molar-refractivity contribution is 6.31. The molecule has 0 aliphatic carbocycles. The first-order chi connectivity index (χ1) is 13.7. The number of benzene rings is 2. The quantitative estimate of drug-likeness (QED) is 0.432. The number of carbonyl (C=O) groups excluding carboxylic acids is 2. The Morgan fingerprint density at radius 2 is 1.93 bits per heavy atom. The van der Waals surface area contributed by atoms with Crippen LogP contribution in [0.5, 0.6) is 0 Å². The lowest BCUT2D eigenvalue weighted by Crippen LogP contribution is -2.35. The zero-order chi connectivity index (χ0) is 21.0. The third-order valence-electron chi connectivity index (χ3n) is 3.88. The van der Waals surface area contributed by atoms with E-state index in [1.54, 1.807) is 12.3 Å². The van der Waals surface area contributed by atoms with Crippen molar-refractivity contribution in [1.82, 2.24) is 15.7 Å². The van der Waals surface area contributed by atoms with Crippen LogP contribution in [0.25, 0.3) is 10.9 Å². The molecule has 3 aromatic rings. The summed E-state index contributed by atoms with van der Waals surface area (Å²) < 4.78 is 38.4. The highest BCUT2D eigenvalue weighted by atomic mass is 35.5. The molecule has 2 aromatic carbocycles. The molecular weight excluding hydrogens is 409 g/mol. The van der Waals surface area contributed by atoms with Crippen molar-refractivity contribution in [1.29, 1.82) is 0 Å². The van der Waals surface area contributed by atoms with Crippen molar-refractivity contribution < 1.29 is 22.8 Å². The van der Waals surface area contributed by atoms with Crippen molar-refractivity contribution in [2.45, 2.75) is 6.18 Å². The van der Waals surface area contributed by atoms with Gasteiger partial charge in [0.25, 0.3) is 11.8 Å². The largest absolute Gasteiger partial charge is 0.416 e. The standard InChI is InChI=1S/C19H14ClF3N4O2/c20-15-7-13(6-14(8-15)19(21,22)23)18(29)25-10-17(28)27-26-9-11-1-2-16-12(5-11)3-4-24-16/h1-9,24H,10H2,(H,25,29)(H,27,28). The third kappa shape index (κ3) is 5.35. The predicted octanol–water partition coefficient (Wildman–Crippen LogP) is 3.72. The van der Waals surface area contributed by atoms with E-state index in [0.717, 1.165) is 22.5 Å². The van der Waals surface area contributed by atoms with Crippen LogP contribution < -0.4 is 10.7 Å². The maximum atomic E-state index is 12.8. The number of rotatable bonds is 5. The Hall–Kier alpha value is -3.33. The minimum absolute atomic E-state index is 0.238. The van der Waals surface area contributed by atoms with Gasteiger partial charge in [-0.15, -0.1) is 0 Å². The van der Waals surface area contributed by atoms with Crippen LogP contribution in [0.2, 0.25) is 5.02 Å². The summed E-state index contributed by atoms with van der Waals surface area (Å²) in [4.78, 5) is 26.9. The van der Waals surface area contributed by atoms with Gasteiger partial charge in [0.15, 0.2) is 0 Å². The number of aromatic amines is 1. The Labute approximate surface area is 167 Å². The SMILES string of the molecule is O=C(CNC(=O)c1cc(Cl)cc(C(F)(F)F)c1)NN=Cc1ccc2[nH]ccc2c1. The van der Waals surface area contributed by atoms with Crippen molar-refractivity contribution in [2.24, 2.45) is 5.10 Å². The summed E-state index contributed by atoms with van der Waals surface area (Å²) in [6.07, 6.45) is -1.41. The highest BCUT2D eigenvalue weighted by Crippen LogP contribution is 2.31. The predicted molar refractivity (Wildman–Crippen MR) is 103 cm³/mol. The average Bonchev–Trinajstić information content (AvgIpc) is 3.12. The second-order valence-corrected chi connectivity index (χ2v) is 6.46. The molecule has 0 aliphatic heterocycles. The van der Waals surface area contributed by atoms with Crippen LogP contribution >= 0.6 is 11.6 Å². The fraction of sp³-hybridized carbons (Fsp3) is 0.105. The van der Waals surface area contributed by atoms with Crippen LogP contribution in [-0.2, 0) is 11.0 Å². The van der Waals surface area contributed by atoms with E-state index in [2.05, 4.69) is 20.8 Å². The van der Waals surface area contributed by atoms with Crippen LogP contribution in [0.4, 0.5) is 13.2 Å². The number of aromatic nitrogens is 1. The molecule has 10 heteroatoms. The van der Waals surface area contributed by atoms with Crippen molar-refractivity contribution in [3.8, 4) is 0 Å². The van der Waals surface area contributed by atoms with Gasteiger partial charge in [-0.05, 0) is 47.3 Å². The Morgan fingerprint density at radius 3 is 2.69 bits per heavy atom. The molecule has 2 amide bonds. The van der Waals surface area contributed by atoms with Crippen molar-refractivity contribution in [3.05, 3.63) is 70.4 Å². The Balaban J connectivity index is 1.55. The molecule has 0 aliphatic rings. The van der Waals surface area contributed by atoms with Gasteiger partial charge < -0.3 is 10.3 Å². The molecule has 0 unspecified atom stereocenters. The van der Waals surface area contributed by atoms with Gasteiger partial charge in [-0.2, -0.15) is 18.3 Å². The van der Waals surface area contributed by atoms with Crippen LogP contribution in [0.15, 0.2) is 53.8 Å². The number of hydrogen-bond donors (Lipinski definition) is 3. The van der Waals surface area contributed by atoms with E-state index in [1.807, 2.05) is 18.2 Å². The molecule has 3 N–H and O–H groups in total. The van der Waals surface area contributed by atoms with Gasteiger partial charge in [0.05, 0.1) is 18.3 Å². The number of halogens is 4. The number of H-pyrrole nitrogens is 1. The molecule has 0 radical (unpaired) electrons. The third-order valence-corrected chi connectivity index (χ3v) is 4.10. The summed E-state index contributed by atoms with van der Waals surface area (Å²) in [5.74, 6) is -1.51. The molecule has 29 heavy (non-hydrogen) atoms. The van der Waals surface area contributed by atoms with Crippen LogP contribution in [-0.4, -0.2) is 29.6 Å². The number of hydrogen-bond acceptors (Lipinski definition) is 3.